The fourth-order valence-electron chi connectivity index (χ4n) is 2.81. The molecule has 0 radical (unpaired) electrons. The number of ether oxygens (including phenoxy) is 1. The number of fused-ring (bicyclic) bond motifs is 1. The highest BCUT2D eigenvalue weighted by Gasteiger charge is 2.29. The summed E-state index contributed by atoms with van der Waals surface area (Å²) in [5.74, 6) is 2.39. The minimum Gasteiger partial charge on any atom is -0.493 e. The molecule has 0 amide bonds. The summed E-state index contributed by atoms with van der Waals surface area (Å²) in [5, 5.41) is 3.48. The number of rotatable bonds is 6. The van der Waals surface area contributed by atoms with E-state index in [4.69, 9.17) is 4.74 Å². The lowest BCUT2D eigenvalue weighted by atomic mass is 9.89. The molecule has 2 atom stereocenters. The van der Waals surface area contributed by atoms with Gasteiger partial charge in [0.15, 0.2) is 0 Å². The summed E-state index contributed by atoms with van der Waals surface area (Å²) >= 11 is 0. The molecular formula is C16H25NO. The second-order valence-corrected chi connectivity index (χ2v) is 5.68. The normalized spacial score (nSPS) is 19.7. The smallest absolute Gasteiger partial charge is 0.122 e. The number of hydrogen-bond donors (Lipinski definition) is 1. The van der Waals surface area contributed by atoms with Gasteiger partial charge in [-0.1, -0.05) is 44.9 Å². The largest absolute Gasteiger partial charge is 0.493 e. The molecule has 1 aromatic rings. The van der Waals surface area contributed by atoms with Crippen molar-refractivity contribution in [3.8, 4) is 5.75 Å². The maximum Gasteiger partial charge on any atom is 0.122 e. The molecule has 0 saturated heterocycles. The number of hydrogen-bond acceptors (Lipinski definition) is 2. The van der Waals surface area contributed by atoms with Gasteiger partial charge < -0.3 is 10.1 Å². The number of para-hydroxylation sites is 1. The van der Waals surface area contributed by atoms with E-state index < -0.39 is 0 Å². The molecule has 2 heteroatoms. The Labute approximate surface area is 111 Å². The molecular weight excluding hydrogens is 222 g/mol. The monoisotopic (exact) mass is 247 g/mol. The van der Waals surface area contributed by atoms with Gasteiger partial charge >= 0.3 is 0 Å². The summed E-state index contributed by atoms with van der Waals surface area (Å²) in [7, 11) is 2.07. The highest BCUT2D eigenvalue weighted by molar-refractivity contribution is 5.40. The van der Waals surface area contributed by atoms with Crippen LogP contribution in [0.15, 0.2) is 24.3 Å². The molecule has 0 fully saturated rings. The quantitative estimate of drug-likeness (QED) is 0.829. The Bertz CT molecular complexity index is 375. The van der Waals surface area contributed by atoms with Crippen LogP contribution in [0.25, 0.3) is 0 Å². The minimum atomic E-state index is 0.512. The average molecular weight is 247 g/mol. The molecule has 1 aromatic carbocycles. The summed E-state index contributed by atoms with van der Waals surface area (Å²) < 4.78 is 5.78. The Balaban J connectivity index is 1.97. The van der Waals surface area contributed by atoms with Crippen LogP contribution in [0.5, 0.6) is 5.75 Å². The Hall–Kier alpha value is -1.02. The van der Waals surface area contributed by atoms with Crippen molar-refractivity contribution in [2.24, 2.45) is 5.92 Å². The van der Waals surface area contributed by atoms with Gasteiger partial charge in [-0.2, -0.15) is 0 Å². The zero-order valence-corrected chi connectivity index (χ0v) is 11.8. The second kappa shape index (κ2) is 6.24. The van der Waals surface area contributed by atoms with Crippen LogP contribution in [-0.2, 0) is 0 Å². The van der Waals surface area contributed by atoms with E-state index in [0.29, 0.717) is 12.0 Å². The molecule has 0 bridgehead atoms. The summed E-state index contributed by atoms with van der Waals surface area (Å²) in [6.07, 6.45) is 3.84. The van der Waals surface area contributed by atoms with Gasteiger partial charge in [0.1, 0.15) is 5.75 Å². The van der Waals surface area contributed by atoms with Crippen LogP contribution in [0.1, 0.15) is 44.6 Å². The molecule has 18 heavy (non-hydrogen) atoms. The SMILES string of the molecule is CNC(CCCC(C)C)C1COc2ccccc21. The first-order valence-electron chi connectivity index (χ1n) is 7.11. The summed E-state index contributed by atoms with van der Waals surface area (Å²) in [6, 6.07) is 8.98. The van der Waals surface area contributed by atoms with E-state index in [2.05, 4.69) is 44.4 Å². The van der Waals surface area contributed by atoms with Crippen molar-refractivity contribution in [3.05, 3.63) is 29.8 Å². The molecule has 1 aliphatic rings. The third-order valence-corrected chi connectivity index (χ3v) is 3.89. The highest BCUT2D eigenvalue weighted by atomic mass is 16.5. The van der Waals surface area contributed by atoms with Gasteiger partial charge in [0, 0.05) is 17.5 Å². The van der Waals surface area contributed by atoms with Crippen molar-refractivity contribution in [1.82, 2.24) is 5.32 Å². The number of nitrogens with one attached hydrogen (secondary N) is 1. The van der Waals surface area contributed by atoms with Gasteiger partial charge in [-0.25, -0.2) is 0 Å². The van der Waals surface area contributed by atoms with E-state index in [-0.39, 0.29) is 0 Å². The summed E-state index contributed by atoms with van der Waals surface area (Å²) in [4.78, 5) is 0. The zero-order valence-electron chi connectivity index (χ0n) is 11.8. The van der Waals surface area contributed by atoms with Crippen LogP contribution >= 0.6 is 0 Å². The summed E-state index contributed by atoms with van der Waals surface area (Å²) in [5.41, 5.74) is 1.38. The topological polar surface area (TPSA) is 21.3 Å². The molecule has 0 aliphatic carbocycles. The van der Waals surface area contributed by atoms with Crippen LogP contribution in [-0.4, -0.2) is 19.7 Å². The van der Waals surface area contributed by atoms with Crippen molar-refractivity contribution in [2.75, 3.05) is 13.7 Å². The molecule has 100 valence electrons. The fourth-order valence-corrected chi connectivity index (χ4v) is 2.81. The third kappa shape index (κ3) is 3.05. The van der Waals surface area contributed by atoms with Gasteiger partial charge in [0.2, 0.25) is 0 Å². The number of benzene rings is 1. The fraction of sp³-hybridized carbons (Fsp3) is 0.625. The Morgan fingerprint density at radius 1 is 1.28 bits per heavy atom. The van der Waals surface area contributed by atoms with Gasteiger partial charge in [-0.3, -0.25) is 0 Å². The van der Waals surface area contributed by atoms with Crippen molar-refractivity contribution >= 4 is 0 Å². The first-order valence-corrected chi connectivity index (χ1v) is 7.11. The lowest BCUT2D eigenvalue weighted by Crippen LogP contribution is -2.33. The summed E-state index contributed by atoms with van der Waals surface area (Å²) in [6.45, 7) is 5.41. The molecule has 0 saturated carbocycles. The van der Waals surface area contributed by atoms with Crippen molar-refractivity contribution in [3.63, 3.8) is 0 Å². The van der Waals surface area contributed by atoms with E-state index in [9.17, 15) is 0 Å². The van der Waals surface area contributed by atoms with Gasteiger partial charge in [-0.15, -0.1) is 0 Å². The first-order chi connectivity index (χ1) is 8.72. The average Bonchev–Trinajstić information content (AvgIpc) is 2.78. The molecule has 1 aliphatic heterocycles. The number of likely N-dealkylation sites (N-methyl/N-ethyl adjacent to an activating group) is 1. The van der Waals surface area contributed by atoms with Crippen molar-refractivity contribution < 1.29 is 4.74 Å². The van der Waals surface area contributed by atoms with Crippen LogP contribution in [0.3, 0.4) is 0 Å². The van der Waals surface area contributed by atoms with E-state index in [1.54, 1.807) is 0 Å². The van der Waals surface area contributed by atoms with E-state index in [0.717, 1.165) is 18.3 Å². The minimum absolute atomic E-state index is 0.512. The molecule has 0 aromatic heterocycles. The maximum absolute atomic E-state index is 5.78. The van der Waals surface area contributed by atoms with Gasteiger partial charge in [0.25, 0.3) is 0 Å². The van der Waals surface area contributed by atoms with Crippen molar-refractivity contribution in [1.29, 1.82) is 0 Å². The first kappa shape index (κ1) is 13.4. The highest BCUT2D eigenvalue weighted by Crippen LogP contribution is 2.36. The molecule has 2 nitrogen and oxygen atoms in total. The lowest BCUT2D eigenvalue weighted by Gasteiger charge is -2.22. The molecule has 0 spiro atoms. The van der Waals surface area contributed by atoms with Gasteiger partial charge in [0.05, 0.1) is 6.61 Å². The van der Waals surface area contributed by atoms with Crippen molar-refractivity contribution in [2.45, 2.75) is 45.1 Å². The maximum atomic E-state index is 5.78. The molecule has 2 rings (SSSR count). The second-order valence-electron chi connectivity index (χ2n) is 5.68. The van der Waals surface area contributed by atoms with E-state index in [1.165, 1.54) is 24.8 Å². The lowest BCUT2D eigenvalue weighted by molar-refractivity contribution is 0.293. The predicted octanol–water partition coefficient (Wildman–Crippen LogP) is 3.58. The van der Waals surface area contributed by atoms with Crippen LogP contribution < -0.4 is 10.1 Å². The molecule has 1 heterocycles. The Morgan fingerprint density at radius 2 is 2.06 bits per heavy atom. The Kier molecular flexibility index (Phi) is 4.65. The zero-order chi connectivity index (χ0) is 13.0. The molecule has 1 N–H and O–H groups in total. The van der Waals surface area contributed by atoms with Crippen LogP contribution in [0, 0.1) is 5.92 Å². The predicted molar refractivity (Wildman–Crippen MR) is 76.2 cm³/mol. The third-order valence-electron chi connectivity index (χ3n) is 3.89. The van der Waals surface area contributed by atoms with E-state index in [1.807, 2.05) is 6.07 Å². The van der Waals surface area contributed by atoms with E-state index >= 15 is 0 Å². The van der Waals surface area contributed by atoms with Crippen LogP contribution in [0.2, 0.25) is 0 Å². The van der Waals surface area contributed by atoms with Crippen LogP contribution in [0.4, 0.5) is 0 Å². The molecule has 2 unspecified atom stereocenters. The standard InChI is InChI=1S/C16H25NO/c1-12(2)7-6-9-15(17-3)14-11-18-16-10-5-4-8-13(14)16/h4-5,8,10,12,14-15,17H,6-7,9,11H2,1-3H3. The van der Waals surface area contributed by atoms with Gasteiger partial charge in [-0.05, 0) is 25.5 Å². The Morgan fingerprint density at radius 3 is 2.78 bits per heavy atom.